The lowest BCUT2D eigenvalue weighted by Gasteiger charge is -2.37. The van der Waals surface area contributed by atoms with Gasteiger partial charge in [-0.25, -0.2) is 0 Å². The van der Waals surface area contributed by atoms with Gasteiger partial charge in [-0.15, -0.1) is 0 Å². The summed E-state index contributed by atoms with van der Waals surface area (Å²) >= 11 is 0. The minimum atomic E-state index is -0.177. The highest BCUT2D eigenvalue weighted by Crippen LogP contribution is 2.40. The molecule has 0 aromatic rings. The first-order valence-corrected chi connectivity index (χ1v) is 6.17. The minimum absolute atomic E-state index is 0.0929. The van der Waals surface area contributed by atoms with E-state index in [1.807, 2.05) is 0 Å². The van der Waals surface area contributed by atoms with Crippen LogP contribution in [-0.2, 0) is 0 Å². The molecule has 1 saturated carbocycles. The average Bonchev–Trinajstić information content (AvgIpc) is 2.40. The van der Waals surface area contributed by atoms with Crippen LogP contribution in [0.1, 0.15) is 47.5 Å². The van der Waals surface area contributed by atoms with Crippen LogP contribution in [0.4, 0.5) is 0 Å². The maximum absolute atomic E-state index is 10.3. The molecular formula is C13H27NO. The lowest BCUT2D eigenvalue weighted by Crippen LogP contribution is -2.47. The highest BCUT2D eigenvalue weighted by molar-refractivity contribution is 4.96. The van der Waals surface area contributed by atoms with Crippen molar-refractivity contribution in [1.29, 1.82) is 0 Å². The van der Waals surface area contributed by atoms with Gasteiger partial charge in [0, 0.05) is 12.1 Å². The molecule has 0 saturated heterocycles. The lowest BCUT2D eigenvalue weighted by atomic mass is 9.88. The second kappa shape index (κ2) is 4.42. The van der Waals surface area contributed by atoms with E-state index in [-0.39, 0.29) is 11.5 Å². The van der Waals surface area contributed by atoms with Gasteiger partial charge < -0.3 is 5.11 Å². The second-order valence-corrected chi connectivity index (χ2v) is 6.19. The van der Waals surface area contributed by atoms with Crippen LogP contribution in [0.2, 0.25) is 0 Å². The second-order valence-electron chi connectivity index (χ2n) is 6.19. The van der Waals surface area contributed by atoms with Crippen molar-refractivity contribution in [2.24, 2.45) is 11.3 Å². The maximum Gasteiger partial charge on any atom is 0.0746 e. The monoisotopic (exact) mass is 213 g/mol. The van der Waals surface area contributed by atoms with Gasteiger partial charge in [-0.2, -0.15) is 0 Å². The van der Waals surface area contributed by atoms with Crippen molar-refractivity contribution in [2.45, 2.75) is 65.6 Å². The molecule has 15 heavy (non-hydrogen) atoms. The van der Waals surface area contributed by atoms with E-state index in [0.717, 1.165) is 12.8 Å². The summed E-state index contributed by atoms with van der Waals surface area (Å²) in [5.74, 6) is 0.644. The molecule has 0 amide bonds. The van der Waals surface area contributed by atoms with E-state index in [4.69, 9.17) is 0 Å². The van der Waals surface area contributed by atoms with Gasteiger partial charge in [-0.1, -0.05) is 27.7 Å². The zero-order valence-corrected chi connectivity index (χ0v) is 11.1. The Bertz CT molecular complexity index is 213. The molecule has 1 rings (SSSR count). The van der Waals surface area contributed by atoms with Crippen molar-refractivity contribution in [1.82, 2.24) is 4.90 Å². The lowest BCUT2D eigenvalue weighted by molar-refractivity contribution is 0.00534. The molecule has 3 unspecified atom stereocenters. The molecule has 0 radical (unpaired) electrons. The van der Waals surface area contributed by atoms with E-state index in [2.05, 4.69) is 46.6 Å². The smallest absolute Gasteiger partial charge is 0.0746 e. The molecular weight excluding hydrogens is 186 g/mol. The fourth-order valence-electron chi connectivity index (χ4n) is 2.55. The third-order valence-corrected chi connectivity index (χ3v) is 4.38. The summed E-state index contributed by atoms with van der Waals surface area (Å²) in [4.78, 5) is 2.37. The van der Waals surface area contributed by atoms with Gasteiger partial charge in [0.1, 0.15) is 0 Å². The van der Waals surface area contributed by atoms with Crippen LogP contribution in [0.25, 0.3) is 0 Å². The number of aliphatic hydroxyl groups is 1. The van der Waals surface area contributed by atoms with E-state index >= 15 is 0 Å². The fourth-order valence-corrected chi connectivity index (χ4v) is 2.55. The Morgan fingerprint density at radius 1 is 1.27 bits per heavy atom. The first-order valence-electron chi connectivity index (χ1n) is 6.17. The number of rotatable bonds is 3. The summed E-state index contributed by atoms with van der Waals surface area (Å²) in [6, 6.07) is 0.885. The molecule has 1 aliphatic rings. The number of hydrogen-bond donors (Lipinski definition) is 1. The summed E-state index contributed by atoms with van der Waals surface area (Å²) in [7, 11) is 2.15. The van der Waals surface area contributed by atoms with E-state index in [1.54, 1.807) is 0 Å². The maximum atomic E-state index is 10.3. The molecule has 0 bridgehead atoms. The minimum Gasteiger partial charge on any atom is -0.391 e. The number of likely N-dealkylation sites (N-methyl/N-ethyl adjacent to an activating group) is 1. The van der Waals surface area contributed by atoms with Gasteiger partial charge in [0.2, 0.25) is 0 Å². The van der Waals surface area contributed by atoms with Crippen LogP contribution < -0.4 is 0 Å². The highest BCUT2D eigenvalue weighted by atomic mass is 16.3. The van der Waals surface area contributed by atoms with Crippen LogP contribution in [0.3, 0.4) is 0 Å². The zero-order chi connectivity index (χ0) is 11.8. The molecule has 0 heterocycles. The standard InChI is InChI=1S/C13H27NO/c1-9(2)10(3)14(6)11-7-8-13(4,5)12(11)15/h9-12,15H,7-8H2,1-6H3. The molecule has 90 valence electrons. The number of aliphatic hydroxyl groups excluding tert-OH is 1. The summed E-state index contributed by atoms with van der Waals surface area (Å²) in [5.41, 5.74) is 0.0929. The summed E-state index contributed by atoms with van der Waals surface area (Å²) < 4.78 is 0. The Kier molecular flexibility index (Phi) is 3.83. The Balaban J connectivity index is 2.66. The van der Waals surface area contributed by atoms with Gasteiger partial charge in [-0.05, 0) is 38.1 Å². The zero-order valence-electron chi connectivity index (χ0n) is 11.1. The van der Waals surface area contributed by atoms with Gasteiger partial charge in [0.25, 0.3) is 0 Å². The van der Waals surface area contributed by atoms with Crippen molar-refractivity contribution in [3.8, 4) is 0 Å². The van der Waals surface area contributed by atoms with Crippen molar-refractivity contribution < 1.29 is 5.11 Å². The van der Waals surface area contributed by atoms with Gasteiger partial charge in [0.05, 0.1) is 6.10 Å². The van der Waals surface area contributed by atoms with Crippen molar-refractivity contribution in [2.75, 3.05) is 7.05 Å². The molecule has 3 atom stereocenters. The first-order chi connectivity index (χ1) is 6.77. The van der Waals surface area contributed by atoms with Crippen LogP contribution in [0.15, 0.2) is 0 Å². The van der Waals surface area contributed by atoms with Crippen molar-refractivity contribution >= 4 is 0 Å². The molecule has 2 heteroatoms. The van der Waals surface area contributed by atoms with E-state index in [0.29, 0.717) is 18.0 Å². The molecule has 1 fully saturated rings. The summed E-state index contributed by atoms with van der Waals surface area (Å²) in [6.07, 6.45) is 2.08. The third kappa shape index (κ3) is 2.54. The van der Waals surface area contributed by atoms with E-state index < -0.39 is 0 Å². The van der Waals surface area contributed by atoms with Gasteiger partial charge in [0.15, 0.2) is 0 Å². The molecule has 1 N–H and O–H groups in total. The molecule has 0 aromatic carbocycles. The normalized spacial score (nSPS) is 32.6. The van der Waals surface area contributed by atoms with Gasteiger partial charge in [-0.3, -0.25) is 4.90 Å². The molecule has 2 nitrogen and oxygen atoms in total. The number of hydrogen-bond acceptors (Lipinski definition) is 2. The quantitative estimate of drug-likeness (QED) is 0.778. The van der Waals surface area contributed by atoms with Crippen LogP contribution in [0, 0.1) is 11.3 Å². The van der Waals surface area contributed by atoms with E-state index in [1.165, 1.54) is 0 Å². The largest absolute Gasteiger partial charge is 0.391 e. The molecule has 0 aliphatic heterocycles. The Morgan fingerprint density at radius 3 is 2.13 bits per heavy atom. The van der Waals surface area contributed by atoms with E-state index in [9.17, 15) is 5.11 Å². The fraction of sp³-hybridized carbons (Fsp3) is 1.00. The number of nitrogens with zero attached hydrogens (tertiary/aromatic N) is 1. The Morgan fingerprint density at radius 2 is 1.80 bits per heavy atom. The predicted octanol–water partition coefficient (Wildman–Crippen LogP) is 2.51. The highest BCUT2D eigenvalue weighted by Gasteiger charge is 2.43. The van der Waals surface area contributed by atoms with Crippen molar-refractivity contribution in [3.63, 3.8) is 0 Å². The summed E-state index contributed by atoms with van der Waals surface area (Å²) in [5, 5.41) is 10.3. The molecule has 0 aromatic heterocycles. The van der Waals surface area contributed by atoms with Gasteiger partial charge >= 0.3 is 0 Å². The SMILES string of the molecule is CC(C)C(C)N(C)C1CCC(C)(C)C1O. The van der Waals surface area contributed by atoms with Crippen LogP contribution >= 0.6 is 0 Å². The summed E-state index contributed by atoms with van der Waals surface area (Å²) in [6.45, 7) is 11.1. The Hall–Kier alpha value is -0.0800. The third-order valence-electron chi connectivity index (χ3n) is 4.38. The predicted molar refractivity (Wildman–Crippen MR) is 64.9 cm³/mol. The Labute approximate surface area is 94.7 Å². The molecule has 1 aliphatic carbocycles. The average molecular weight is 213 g/mol. The van der Waals surface area contributed by atoms with Crippen LogP contribution in [-0.4, -0.2) is 35.2 Å². The van der Waals surface area contributed by atoms with Crippen molar-refractivity contribution in [3.05, 3.63) is 0 Å². The van der Waals surface area contributed by atoms with Crippen LogP contribution in [0.5, 0.6) is 0 Å². The first kappa shape index (κ1) is 13.0. The molecule has 0 spiro atoms. The topological polar surface area (TPSA) is 23.5 Å².